The fourth-order valence-electron chi connectivity index (χ4n) is 3.08. The minimum Gasteiger partial charge on any atom is -0.444 e. The molecular formula is C16H30N2O3. The zero-order chi connectivity index (χ0) is 15.8. The average molecular weight is 298 g/mol. The Morgan fingerprint density at radius 2 is 2.05 bits per heavy atom. The van der Waals surface area contributed by atoms with Gasteiger partial charge < -0.3 is 20.1 Å². The molecule has 1 aliphatic heterocycles. The van der Waals surface area contributed by atoms with E-state index in [0.29, 0.717) is 18.6 Å². The average Bonchev–Trinajstić information content (AvgIpc) is 2.37. The van der Waals surface area contributed by atoms with Crippen molar-refractivity contribution in [3.63, 3.8) is 0 Å². The monoisotopic (exact) mass is 298 g/mol. The van der Waals surface area contributed by atoms with Gasteiger partial charge in [0.25, 0.3) is 0 Å². The molecule has 1 aliphatic carbocycles. The van der Waals surface area contributed by atoms with Crippen LogP contribution in [0.5, 0.6) is 0 Å². The second-order valence-electron chi connectivity index (χ2n) is 8.06. The number of carbonyl (C=O) groups excluding carboxylic acids is 1. The van der Waals surface area contributed by atoms with Crippen molar-refractivity contribution in [1.82, 2.24) is 10.2 Å². The first-order valence-corrected chi connectivity index (χ1v) is 8.01. The fraction of sp³-hybridized carbons (Fsp3) is 0.938. The SMILES string of the molecule is CC(C)(C)OC(=O)N1CCCC(NC2CC(O)C2(C)C)C1. The lowest BCUT2D eigenvalue weighted by atomic mass is 9.64. The Labute approximate surface area is 128 Å². The van der Waals surface area contributed by atoms with E-state index in [4.69, 9.17) is 4.74 Å². The summed E-state index contributed by atoms with van der Waals surface area (Å²) >= 11 is 0. The largest absolute Gasteiger partial charge is 0.444 e. The third-order valence-corrected chi connectivity index (χ3v) is 4.73. The predicted octanol–water partition coefficient (Wildman–Crippen LogP) is 2.13. The number of nitrogens with one attached hydrogen (secondary N) is 1. The minimum atomic E-state index is -0.447. The molecule has 0 spiro atoms. The molecule has 0 aromatic rings. The van der Waals surface area contributed by atoms with Gasteiger partial charge in [-0.3, -0.25) is 0 Å². The summed E-state index contributed by atoms with van der Waals surface area (Å²) in [5.74, 6) is 0. The zero-order valence-electron chi connectivity index (χ0n) is 14.0. The van der Waals surface area contributed by atoms with Crippen LogP contribution in [-0.4, -0.2) is 53.0 Å². The number of nitrogens with zero attached hydrogens (tertiary/aromatic N) is 1. The third-order valence-electron chi connectivity index (χ3n) is 4.73. The molecule has 3 unspecified atom stereocenters. The van der Waals surface area contributed by atoms with Gasteiger partial charge in [0.1, 0.15) is 5.60 Å². The lowest BCUT2D eigenvalue weighted by molar-refractivity contribution is -0.0783. The Morgan fingerprint density at radius 1 is 1.38 bits per heavy atom. The second-order valence-corrected chi connectivity index (χ2v) is 8.06. The Hall–Kier alpha value is -0.810. The van der Waals surface area contributed by atoms with E-state index in [9.17, 15) is 9.90 Å². The van der Waals surface area contributed by atoms with E-state index in [0.717, 1.165) is 25.8 Å². The summed E-state index contributed by atoms with van der Waals surface area (Å²) in [7, 11) is 0. The standard InChI is InChI=1S/C16H30N2O3/c1-15(2,3)21-14(20)18-8-6-7-11(10-18)17-12-9-13(19)16(12,4)5/h11-13,17,19H,6-10H2,1-5H3. The van der Waals surface area contributed by atoms with Crippen LogP contribution in [-0.2, 0) is 4.74 Å². The minimum absolute atomic E-state index is 0.0752. The molecule has 21 heavy (non-hydrogen) atoms. The molecule has 2 rings (SSSR count). The quantitative estimate of drug-likeness (QED) is 0.820. The topological polar surface area (TPSA) is 61.8 Å². The molecule has 2 N–H and O–H groups in total. The van der Waals surface area contributed by atoms with Crippen molar-refractivity contribution in [2.45, 2.75) is 77.7 Å². The van der Waals surface area contributed by atoms with Gasteiger partial charge in [-0.15, -0.1) is 0 Å². The van der Waals surface area contributed by atoms with Gasteiger partial charge in [-0.2, -0.15) is 0 Å². The van der Waals surface area contributed by atoms with Crippen molar-refractivity contribution < 1.29 is 14.6 Å². The number of hydrogen-bond acceptors (Lipinski definition) is 4. The van der Waals surface area contributed by atoms with Crippen molar-refractivity contribution in [2.75, 3.05) is 13.1 Å². The number of amides is 1. The van der Waals surface area contributed by atoms with Crippen LogP contribution in [0.25, 0.3) is 0 Å². The molecule has 5 heteroatoms. The summed E-state index contributed by atoms with van der Waals surface area (Å²) in [5.41, 5.74) is -0.522. The van der Waals surface area contributed by atoms with Gasteiger partial charge in [0.2, 0.25) is 0 Å². The normalized spacial score (nSPS) is 32.5. The molecule has 1 saturated carbocycles. The highest BCUT2D eigenvalue weighted by Gasteiger charge is 2.48. The van der Waals surface area contributed by atoms with E-state index in [1.807, 2.05) is 20.8 Å². The molecular weight excluding hydrogens is 268 g/mol. The lowest BCUT2D eigenvalue weighted by Crippen LogP contribution is -2.64. The number of carbonyl (C=O) groups is 1. The molecule has 1 heterocycles. The molecule has 122 valence electrons. The van der Waals surface area contributed by atoms with Gasteiger partial charge in [0, 0.05) is 30.6 Å². The number of hydrogen-bond donors (Lipinski definition) is 2. The van der Waals surface area contributed by atoms with Crippen LogP contribution < -0.4 is 5.32 Å². The van der Waals surface area contributed by atoms with Crippen LogP contribution in [0, 0.1) is 5.41 Å². The van der Waals surface area contributed by atoms with E-state index < -0.39 is 5.60 Å². The Balaban J connectivity index is 1.85. The summed E-state index contributed by atoms with van der Waals surface area (Å²) in [6.45, 7) is 11.3. The molecule has 1 saturated heterocycles. The van der Waals surface area contributed by atoms with Crippen molar-refractivity contribution in [1.29, 1.82) is 0 Å². The summed E-state index contributed by atoms with van der Waals surface area (Å²) in [5, 5.41) is 13.4. The van der Waals surface area contributed by atoms with Gasteiger partial charge in [0.15, 0.2) is 0 Å². The Morgan fingerprint density at radius 3 is 2.57 bits per heavy atom. The van der Waals surface area contributed by atoms with E-state index in [1.165, 1.54) is 0 Å². The Kier molecular flexibility index (Phi) is 4.54. The number of ether oxygens (including phenoxy) is 1. The van der Waals surface area contributed by atoms with Crippen molar-refractivity contribution in [3.8, 4) is 0 Å². The zero-order valence-corrected chi connectivity index (χ0v) is 14.0. The first-order valence-electron chi connectivity index (χ1n) is 8.01. The fourth-order valence-corrected chi connectivity index (χ4v) is 3.08. The van der Waals surface area contributed by atoms with Crippen molar-refractivity contribution >= 4 is 6.09 Å². The van der Waals surface area contributed by atoms with Crippen molar-refractivity contribution in [3.05, 3.63) is 0 Å². The smallest absolute Gasteiger partial charge is 0.410 e. The van der Waals surface area contributed by atoms with E-state index >= 15 is 0 Å². The molecule has 5 nitrogen and oxygen atoms in total. The number of aliphatic hydroxyl groups excluding tert-OH is 1. The maximum Gasteiger partial charge on any atom is 0.410 e. The highest BCUT2D eigenvalue weighted by atomic mass is 16.6. The Bertz CT molecular complexity index is 389. The van der Waals surface area contributed by atoms with E-state index in [1.54, 1.807) is 4.90 Å². The lowest BCUT2D eigenvalue weighted by Gasteiger charge is -2.51. The summed E-state index contributed by atoms with van der Waals surface area (Å²) in [6, 6.07) is 0.624. The number of rotatable bonds is 2. The van der Waals surface area contributed by atoms with Gasteiger partial charge in [0.05, 0.1) is 6.10 Å². The number of piperidine rings is 1. The first kappa shape index (κ1) is 16.6. The third kappa shape index (κ3) is 3.89. The van der Waals surface area contributed by atoms with E-state index in [-0.39, 0.29) is 17.6 Å². The van der Waals surface area contributed by atoms with Crippen LogP contribution in [0.2, 0.25) is 0 Å². The van der Waals surface area contributed by atoms with Crippen LogP contribution in [0.4, 0.5) is 4.79 Å². The molecule has 0 radical (unpaired) electrons. The van der Waals surface area contributed by atoms with Crippen LogP contribution in [0.3, 0.4) is 0 Å². The maximum atomic E-state index is 12.1. The van der Waals surface area contributed by atoms with Crippen molar-refractivity contribution in [2.24, 2.45) is 5.41 Å². The van der Waals surface area contributed by atoms with E-state index in [2.05, 4.69) is 19.2 Å². The predicted molar refractivity (Wildman–Crippen MR) is 82.2 cm³/mol. The number of likely N-dealkylation sites (tertiary alicyclic amines) is 1. The molecule has 1 amide bonds. The van der Waals surface area contributed by atoms with Gasteiger partial charge >= 0.3 is 6.09 Å². The van der Waals surface area contributed by atoms with Crippen LogP contribution >= 0.6 is 0 Å². The first-order chi connectivity index (χ1) is 9.59. The van der Waals surface area contributed by atoms with Gasteiger partial charge in [-0.25, -0.2) is 4.79 Å². The second kappa shape index (κ2) is 5.76. The molecule has 0 aromatic carbocycles. The highest BCUT2D eigenvalue weighted by molar-refractivity contribution is 5.68. The molecule has 2 fully saturated rings. The molecule has 3 atom stereocenters. The molecule has 0 bridgehead atoms. The number of aliphatic hydroxyl groups is 1. The van der Waals surface area contributed by atoms with Crippen LogP contribution in [0.15, 0.2) is 0 Å². The van der Waals surface area contributed by atoms with Gasteiger partial charge in [-0.1, -0.05) is 13.8 Å². The summed E-state index contributed by atoms with van der Waals surface area (Å²) in [6.07, 6.45) is 2.42. The molecule has 2 aliphatic rings. The van der Waals surface area contributed by atoms with Gasteiger partial charge in [-0.05, 0) is 40.0 Å². The summed E-state index contributed by atoms with van der Waals surface area (Å²) < 4.78 is 5.45. The maximum absolute atomic E-state index is 12.1. The summed E-state index contributed by atoms with van der Waals surface area (Å²) in [4.78, 5) is 13.9. The molecule has 0 aromatic heterocycles. The van der Waals surface area contributed by atoms with Crippen LogP contribution in [0.1, 0.15) is 53.9 Å². The highest BCUT2D eigenvalue weighted by Crippen LogP contribution is 2.40.